The topological polar surface area (TPSA) is 206 Å². The molecule has 0 aliphatic carbocycles. The number of thiazole rings is 2. The van der Waals surface area contributed by atoms with Crippen LogP contribution in [0.15, 0.2) is 203 Å². The average Bonchev–Trinajstić information content (AvgIpc) is 4.30. The molecule has 1 fully saturated rings. The van der Waals surface area contributed by atoms with E-state index in [0.717, 1.165) is 20.7 Å². The van der Waals surface area contributed by atoms with Crippen LogP contribution in [0.2, 0.25) is 10.1 Å². The van der Waals surface area contributed by atoms with Gasteiger partial charge in [0.1, 0.15) is 12.2 Å². The number of aliphatic hydroxyl groups excluding tert-OH is 1. The second-order valence-corrected chi connectivity index (χ2v) is 34.4. The van der Waals surface area contributed by atoms with E-state index in [1.165, 1.54) is 71.5 Å². The van der Waals surface area contributed by atoms with Gasteiger partial charge in [0.2, 0.25) is 0 Å². The zero-order valence-electron chi connectivity index (χ0n) is 44.6. The first kappa shape index (κ1) is 58.5. The average molecular weight is 1170 g/mol. The minimum absolute atomic E-state index is 0.0381. The molecule has 9 rings (SSSR count). The number of nitrogens with one attached hydrogen (secondary N) is 3. The summed E-state index contributed by atoms with van der Waals surface area (Å²) in [6, 6.07) is 52.7. The predicted molar refractivity (Wildman–Crippen MR) is 321 cm³/mol. The van der Waals surface area contributed by atoms with Gasteiger partial charge in [0, 0.05) is 54.1 Å². The molecule has 4 N–H and O–H groups in total. The monoisotopic (exact) mass is 1170 g/mol. The van der Waals surface area contributed by atoms with Crippen molar-refractivity contribution in [2.45, 2.75) is 86.5 Å². The van der Waals surface area contributed by atoms with E-state index in [0.29, 0.717) is 29.5 Å². The van der Waals surface area contributed by atoms with E-state index in [4.69, 9.17) is 8.85 Å². The van der Waals surface area contributed by atoms with Crippen LogP contribution in [0.1, 0.15) is 54.4 Å². The summed E-state index contributed by atoms with van der Waals surface area (Å²) in [4.78, 5) is 37.1. The van der Waals surface area contributed by atoms with Crippen molar-refractivity contribution in [1.82, 2.24) is 9.97 Å². The number of anilines is 4. The summed E-state index contributed by atoms with van der Waals surface area (Å²) in [6.45, 7) is 13.2. The highest BCUT2D eigenvalue weighted by molar-refractivity contribution is 7.93. The Morgan fingerprint density at radius 1 is 0.633 bits per heavy atom. The van der Waals surface area contributed by atoms with E-state index < -0.39 is 54.8 Å². The molecule has 6 aromatic carbocycles. The van der Waals surface area contributed by atoms with Gasteiger partial charge >= 0.3 is 0 Å². The van der Waals surface area contributed by atoms with Crippen molar-refractivity contribution < 1.29 is 40.4 Å². The van der Waals surface area contributed by atoms with Crippen LogP contribution < -0.4 is 40.4 Å². The van der Waals surface area contributed by atoms with E-state index in [-0.39, 0.29) is 43.9 Å². The van der Waals surface area contributed by atoms with Crippen LogP contribution in [0.25, 0.3) is 0 Å². The Hall–Kier alpha value is -6.67. The van der Waals surface area contributed by atoms with Crippen LogP contribution in [-0.4, -0.2) is 85.7 Å². The van der Waals surface area contributed by atoms with Crippen molar-refractivity contribution in [3.63, 3.8) is 0 Å². The number of rotatable bonds is 19. The molecular formula is C58H64N6O9S4Si2. The number of hydrogen-bond donors (Lipinski definition) is 4. The van der Waals surface area contributed by atoms with Gasteiger partial charge in [-0.1, -0.05) is 163 Å². The lowest BCUT2D eigenvalue weighted by Crippen LogP contribution is -2.68. The van der Waals surface area contributed by atoms with Crippen LogP contribution in [0.4, 0.5) is 21.6 Å². The molecule has 2 amide bonds. The molecule has 15 nitrogen and oxygen atoms in total. The van der Waals surface area contributed by atoms with Gasteiger partial charge < -0.3 is 24.2 Å². The fraction of sp³-hybridized carbons (Fsp3) is 0.241. The maximum atomic E-state index is 13.8. The minimum atomic E-state index is -3.82. The number of sulfonamides is 2. The normalized spacial score (nSPS) is 14.7. The maximum Gasteiger partial charge on any atom is 0.263 e. The second-order valence-electron chi connectivity index (χ2n) is 20.7. The highest BCUT2D eigenvalue weighted by Gasteiger charge is 2.54. The van der Waals surface area contributed by atoms with Gasteiger partial charge in [-0.3, -0.25) is 19.0 Å². The predicted octanol–water partition coefficient (Wildman–Crippen LogP) is 8.84. The molecule has 8 aromatic rings. The maximum absolute atomic E-state index is 13.8. The molecule has 0 bridgehead atoms. The summed E-state index contributed by atoms with van der Waals surface area (Å²) in [5.74, 6) is -0.530. The quantitative estimate of drug-likeness (QED) is 0.0563. The Morgan fingerprint density at radius 2 is 1.04 bits per heavy atom. The molecule has 412 valence electrons. The number of benzene rings is 6. The van der Waals surface area contributed by atoms with E-state index in [1.807, 2.05) is 97.1 Å². The highest BCUT2D eigenvalue weighted by atomic mass is 32.2. The Morgan fingerprint density at radius 3 is 1.42 bits per heavy atom. The van der Waals surface area contributed by atoms with Gasteiger partial charge in [0.05, 0.1) is 9.79 Å². The molecule has 1 saturated heterocycles. The van der Waals surface area contributed by atoms with Crippen LogP contribution >= 0.6 is 22.7 Å². The summed E-state index contributed by atoms with van der Waals surface area (Å²) >= 11 is 2.38. The number of carbonyl (C=O) groups is 2. The molecular weight excluding hydrogens is 1110 g/mol. The lowest BCUT2D eigenvalue weighted by Gasteiger charge is -2.44. The lowest BCUT2D eigenvalue weighted by molar-refractivity contribution is -0.124. The first-order valence-electron chi connectivity index (χ1n) is 25.5. The van der Waals surface area contributed by atoms with E-state index in [9.17, 15) is 31.5 Å². The molecule has 1 aliphatic heterocycles. The van der Waals surface area contributed by atoms with Gasteiger partial charge in [-0.25, -0.2) is 26.8 Å². The van der Waals surface area contributed by atoms with Crippen molar-refractivity contribution in [1.29, 1.82) is 0 Å². The Balaban J connectivity index is 0.000000208. The number of aromatic nitrogens is 2. The number of hydrogen-bond acceptors (Lipinski definition) is 13. The summed E-state index contributed by atoms with van der Waals surface area (Å²) in [6.07, 6.45) is 2.14. The van der Waals surface area contributed by atoms with Gasteiger partial charge in [0.25, 0.3) is 48.5 Å². The van der Waals surface area contributed by atoms with Gasteiger partial charge in [-0.15, -0.1) is 22.7 Å². The van der Waals surface area contributed by atoms with Crippen molar-refractivity contribution in [2.75, 3.05) is 32.8 Å². The standard InChI is InChI=1S/C29H33N3O5S2Si.C29H31N3O4S2Si/c1-29(2,3)40(24-10-6-4-7-11-24,25-12-8-5-9-13-25)37-26(18-20-33)27(34)31-22-14-16-23(17-15-22)39(35,36)32-28-30-19-21-38-28;1-29(2,3)39(24-10-6-4-7-11-24,25-12-8-5-9-13-25)36-26-18-20-32(27(26)33)22-14-16-23(17-15-22)38(34,35)31-28-30-19-21-37-28/h4-17,19,21,26,33H,18,20H2,1-3H3,(H,30,32)(H,31,34);4-17,19,21,26H,18,20H2,1-3H3,(H,30,31)/t2*26-/m11/s1. The molecule has 79 heavy (non-hydrogen) atoms. The van der Waals surface area contributed by atoms with Gasteiger partial charge in [-0.2, -0.15) is 0 Å². The fourth-order valence-corrected chi connectivity index (χ4v) is 22.7. The zero-order valence-corrected chi connectivity index (χ0v) is 49.9. The van der Waals surface area contributed by atoms with Crippen molar-refractivity contribution in [2.24, 2.45) is 0 Å². The second kappa shape index (κ2) is 24.8. The third kappa shape index (κ3) is 13.2. The Bertz CT molecular complexity index is 3410. The molecule has 21 heteroatoms. The number of carbonyl (C=O) groups excluding carboxylic acids is 2. The SMILES string of the molecule is CC(C)(C)[Si](O[C@@H]1CCN(c2ccc(S(=O)(=O)Nc3nccs3)cc2)C1=O)(c1ccccc1)c1ccccc1.CC(C)(C)[Si](O[C@H](CCO)C(=O)Nc1ccc(S(=O)(=O)Nc2nccs2)cc1)(c1ccccc1)c1ccccc1. The lowest BCUT2D eigenvalue weighted by atomic mass is 10.2. The third-order valence-corrected chi connectivity index (χ3v) is 27.9. The molecule has 3 heterocycles. The molecule has 0 unspecified atom stereocenters. The fourth-order valence-electron chi connectivity index (χ4n) is 9.83. The van der Waals surface area contributed by atoms with Crippen molar-refractivity contribution >= 4 is 114 Å². The minimum Gasteiger partial charge on any atom is -0.396 e. The van der Waals surface area contributed by atoms with Crippen LogP contribution in [0, 0.1) is 0 Å². The Labute approximate surface area is 473 Å². The molecule has 0 spiro atoms. The van der Waals surface area contributed by atoms with Crippen LogP contribution in [0.5, 0.6) is 0 Å². The van der Waals surface area contributed by atoms with Gasteiger partial charge in [0.15, 0.2) is 10.3 Å². The number of nitrogens with zero attached hydrogens (tertiary/aromatic N) is 3. The smallest absolute Gasteiger partial charge is 0.263 e. The molecule has 0 radical (unpaired) electrons. The summed E-state index contributed by atoms with van der Waals surface area (Å²) in [5.41, 5.74) is 1.05. The van der Waals surface area contributed by atoms with Crippen molar-refractivity contribution in [3.8, 4) is 0 Å². The van der Waals surface area contributed by atoms with Crippen LogP contribution in [0.3, 0.4) is 0 Å². The number of amides is 2. The van der Waals surface area contributed by atoms with Gasteiger partial charge in [-0.05, 0) is 85.8 Å². The Kier molecular flexibility index (Phi) is 18.3. The largest absolute Gasteiger partial charge is 0.396 e. The third-order valence-electron chi connectivity index (χ3n) is 13.5. The van der Waals surface area contributed by atoms with Crippen molar-refractivity contribution in [3.05, 3.63) is 193 Å². The number of aliphatic hydroxyl groups is 1. The molecule has 1 aliphatic rings. The first-order valence-corrected chi connectivity index (χ1v) is 34.1. The first-order chi connectivity index (χ1) is 37.7. The summed E-state index contributed by atoms with van der Waals surface area (Å²) < 4.78 is 69.7. The van der Waals surface area contributed by atoms with E-state index >= 15 is 0 Å². The highest BCUT2D eigenvalue weighted by Crippen LogP contribution is 2.40. The molecule has 2 atom stereocenters. The molecule has 0 saturated carbocycles. The zero-order chi connectivity index (χ0) is 56.5. The van der Waals surface area contributed by atoms with E-state index in [2.05, 4.69) is 90.5 Å². The molecule has 2 aromatic heterocycles. The van der Waals surface area contributed by atoms with Crippen LogP contribution in [-0.2, 0) is 38.5 Å². The summed E-state index contributed by atoms with van der Waals surface area (Å²) in [7, 11) is -13.5. The van der Waals surface area contributed by atoms with E-state index in [1.54, 1.807) is 27.8 Å². The summed E-state index contributed by atoms with van der Waals surface area (Å²) in [5, 5.41) is 20.4.